The maximum atomic E-state index is 9.19. The van der Waals surface area contributed by atoms with Crippen molar-refractivity contribution in [1.29, 1.82) is 0 Å². The molecule has 70 valence electrons. The van der Waals surface area contributed by atoms with E-state index in [1.165, 1.54) is 6.42 Å². The van der Waals surface area contributed by atoms with Crippen LogP contribution in [0.4, 0.5) is 0 Å². The largest absolute Gasteiger partial charge is 0.394 e. The van der Waals surface area contributed by atoms with Crippen molar-refractivity contribution >= 4 is 0 Å². The predicted molar refractivity (Wildman–Crippen MR) is 46.0 cm³/mol. The fraction of sp³-hybridized carbons (Fsp3) is 1.00. The number of aliphatic hydroxyl groups is 1. The van der Waals surface area contributed by atoms with E-state index in [0.29, 0.717) is 6.04 Å². The Hall–Kier alpha value is -0.120. The van der Waals surface area contributed by atoms with Gasteiger partial charge in [0.25, 0.3) is 0 Å². The molecule has 0 spiro atoms. The average molecular weight is 171 g/mol. The van der Waals surface area contributed by atoms with E-state index in [0.717, 1.165) is 32.5 Å². The van der Waals surface area contributed by atoms with Crippen LogP contribution in [0, 0.1) is 0 Å². The summed E-state index contributed by atoms with van der Waals surface area (Å²) in [5.41, 5.74) is 0.0539. The quantitative estimate of drug-likeness (QED) is 0.641. The molecule has 2 fully saturated rings. The zero-order valence-corrected chi connectivity index (χ0v) is 7.38. The van der Waals surface area contributed by atoms with Gasteiger partial charge in [0.05, 0.1) is 13.2 Å². The Morgan fingerprint density at radius 3 is 2.75 bits per heavy atom. The molecule has 0 aromatic heterocycles. The smallest absolute Gasteiger partial charge is 0.0620 e. The molecule has 12 heavy (non-hydrogen) atoms. The Balaban J connectivity index is 1.83. The van der Waals surface area contributed by atoms with Gasteiger partial charge in [-0.2, -0.15) is 0 Å². The Kier molecular flexibility index (Phi) is 2.35. The van der Waals surface area contributed by atoms with Gasteiger partial charge >= 0.3 is 0 Å². The van der Waals surface area contributed by atoms with E-state index in [9.17, 15) is 5.11 Å². The van der Waals surface area contributed by atoms with Crippen LogP contribution in [-0.4, -0.2) is 36.5 Å². The third-order valence-corrected chi connectivity index (χ3v) is 3.05. The summed E-state index contributed by atoms with van der Waals surface area (Å²) in [6.07, 6.45) is 4.60. The molecule has 1 unspecified atom stereocenters. The predicted octanol–water partition coefficient (Wildman–Crippen LogP) is 0.280. The van der Waals surface area contributed by atoms with Gasteiger partial charge in [0.2, 0.25) is 0 Å². The van der Waals surface area contributed by atoms with Crippen LogP contribution in [0.25, 0.3) is 0 Å². The van der Waals surface area contributed by atoms with Crippen LogP contribution in [0.15, 0.2) is 0 Å². The molecule has 0 bridgehead atoms. The number of nitrogens with one attached hydrogen (secondary N) is 1. The zero-order valence-electron chi connectivity index (χ0n) is 7.38. The molecule has 0 aromatic carbocycles. The van der Waals surface area contributed by atoms with E-state index in [1.807, 2.05) is 0 Å². The van der Waals surface area contributed by atoms with Crippen LogP contribution >= 0.6 is 0 Å². The van der Waals surface area contributed by atoms with Crippen molar-refractivity contribution < 1.29 is 9.84 Å². The van der Waals surface area contributed by atoms with Gasteiger partial charge < -0.3 is 15.2 Å². The summed E-state index contributed by atoms with van der Waals surface area (Å²) < 4.78 is 5.27. The van der Waals surface area contributed by atoms with Crippen LogP contribution in [0.3, 0.4) is 0 Å². The Bertz CT molecular complexity index is 145. The second-order valence-corrected chi connectivity index (χ2v) is 4.00. The number of ether oxygens (including phenoxy) is 1. The minimum Gasteiger partial charge on any atom is -0.394 e. The molecule has 1 saturated heterocycles. The highest BCUT2D eigenvalue weighted by Crippen LogP contribution is 2.32. The summed E-state index contributed by atoms with van der Waals surface area (Å²) in [7, 11) is 0. The fourth-order valence-electron chi connectivity index (χ4n) is 2.03. The lowest BCUT2D eigenvalue weighted by Crippen LogP contribution is -2.57. The topological polar surface area (TPSA) is 41.5 Å². The highest BCUT2D eigenvalue weighted by atomic mass is 16.5. The summed E-state index contributed by atoms with van der Waals surface area (Å²) in [6, 6.07) is 0.484. The van der Waals surface area contributed by atoms with E-state index >= 15 is 0 Å². The molecule has 0 radical (unpaired) electrons. The third kappa shape index (κ3) is 1.49. The summed E-state index contributed by atoms with van der Waals surface area (Å²) in [5.74, 6) is 0. The first-order valence-electron chi connectivity index (χ1n) is 4.81. The van der Waals surface area contributed by atoms with Crippen molar-refractivity contribution in [2.24, 2.45) is 0 Å². The van der Waals surface area contributed by atoms with E-state index in [4.69, 9.17) is 4.74 Å². The molecular formula is C9H17NO2. The monoisotopic (exact) mass is 171 g/mol. The van der Waals surface area contributed by atoms with Crippen LogP contribution in [0.1, 0.15) is 25.7 Å². The van der Waals surface area contributed by atoms with Crippen molar-refractivity contribution in [3.63, 3.8) is 0 Å². The Labute approximate surface area is 73.1 Å². The third-order valence-electron chi connectivity index (χ3n) is 3.05. The van der Waals surface area contributed by atoms with Crippen LogP contribution in [0.2, 0.25) is 0 Å². The summed E-state index contributed by atoms with van der Waals surface area (Å²) in [4.78, 5) is 0. The van der Waals surface area contributed by atoms with Crippen LogP contribution < -0.4 is 5.32 Å². The minimum absolute atomic E-state index is 0.0539. The molecular weight excluding hydrogens is 154 g/mol. The van der Waals surface area contributed by atoms with Crippen molar-refractivity contribution in [2.75, 3.05) is 19.8 Å². The molecule has 2 rings (SSSR count). The molecule has 1 aliphatic heterocycles. The van der Waals surface area contributed by atoms with Gasteiger partial charge in [-0.1, -0.05) is 0 Å². The molecule has 1 atom stereocenters. The molecule has 3 nitrogen and oxygen atoms in total. The second kappa shape index (κ2) is 3.32. The highest BCUT2D eigenvalue weighted by Gasteiger charge is 2.38. The van der Waals surface area contributed by atoms with E-state index < -0.39 is 0 Å². The van der Waals surface area contributed by atoms with Gasteiger partial charge in [0.15, 0.2) is 0 Å². The molecule has 0 amide bonds. The van der Waals surface area contributed by atoms with Gasteiger partial charge in [-0.05, 0) is 25.7 Å². The lowest BCUT2D eigenvalue weighted by Gasteiger charge is -2.43. The molecule has 2 N–H and O–H groups in total. The van der Waals surface area contributed by atoms with Gasteiger partial charge in [-0.15, -0.1) is 0 Å². The second-order valence-electron chi connectivity index (χ2n) is 4.00. The van der Waals surface area contributed by atoms with Crippen molar-refractivity contribution in [2.45, 2.75) is 37.3 Å². The fourth-order valence-corrected chi connectivity index (χ4v) is 2.03. The van der Waals surface area contributed by atoms with Crippen LogP contribution in [0.5, 0.6) is 0 Å². The number of rotatable bonds is 3. The average Bonchev–Trinajstić information content (AvgIpc) is 2.49. The lowest BCUT2D eigenvalue weighted by atomic mass is 9.77. The van der Waals surface area contributed by atoms with Crippen LogP contribution in [-0.2, 0) is 4.74 Å². The molecule has 3 heteroatoms. The molecule has 1 heterocycles. The van der Waals surface area contributed by atoms with Gasteiger partial charge in [-0.3, -0.25) is 0 Å². The normalized spacial score (nSPS) is 33.2. The minimum atomic E-state index is 0.0539. The van der Waals surface area contributed by atoms with E-state index in [-0.39, 0.29) is 12.1 Å². The van der Waals surface area contributed by atoms with E-state index in [2.05, 4.69) is 5.32 Å². The maximum Gasteiger partial charge on any atom is 0.0620 e. The van der Waals surface area contributed by atoms with Crippen molar-refractivity contribution in [3.05, 3.63) is 0 Å². The molecule has 2 aliphatic rings. The molecule has 0 aromatic rings. The Morgan fingerprint density at radius 1 is 1.50 bits per heavy atom. The SMILES string of the molecule is OCC1(NC2CCOC2)CCC1. The van der Waals surface area contributed by atoms with Crippen molar-refractivity contribution in [1.82, 2.24) is 5.32 Å². The number of hydrogen-bond acceptors (Lipinski definition) is 3. The number of aliphatic hydroxyl groups excluding tert-OH is 1. The summed E-state index contributed by atoms with van der Waals surface area (Å²) >= 11 is 0. The number of hydrogen-bond donors (Lipinski definition) is 2. The molecule has 1 aliphatic carbocycles. The highest BCUT2D eigenvalue weighted by molar-refractivity contribution is 4.97. The molecule has 1 saturated carbocycles. The van der Waals surface area contributed by atoms with Crippen molar-refractivity contribution in [3.8, 4) is 0 Å². The first-order valence-corrected chi connectivity index (χ1v) is 4.81. The summed E-state index contributed by atoms with van der Waals surface area (Å²) in [6.45, 7) is 1.98. The summed E-state index contributed by atoms with van der Waals surface area (Å²) in [5, 5.41) is 12.7. The van der Waals surface area contributed by atoms with E-state index in [1.54, 1.807) is 0 Å². The van der Waals surface area contributed by atoms with Gasteiger partial charge in [-0.25, -0.2) is 0 Å². The van der Waals surface area contributed by atoms with Gasteiger partial charge in [0, 0.05) is 18.2 Å². The first-order chi connectivity index (χ1) is 5.85. The maximum absolute atomic E-state index is 9.19. The Morgan fingerprint density at radius 2 is 2.33 bits per heavy atom. The first kappa shape index (κ1) is 8.48. The zero-order chi connectivity index (χ0) is 8.44. The van der Waals surface area contributed by atoms with Gasteiger partial charge in [0.1, 0.15) is 0 Å². The lowest BCUT2D eigenvalue weighted by molar-refractivity contribution is 0.0732. The standard InChI is InChI=1S/C9H17NO2/c11-7-9(3-1-4-9)10-8-2-5-12-6-8/h8,10-11H,1-7H2.